The van der Waals surface area contributed by atoms with Crippen molar-refractivity contribution in [3.05, 3.63) is 0 Å². The summed E-state index contributed by atoms with van der Waals surface area (Å²) in [7, 11) is 0. The monoisotopic (exact) mass is 212 g/mol. The van der Waals surface area contributed by atoms with Gasteiger partial charge in [0.05, 0.1) is 0 Å². The highest BCUT2D eigenvalue weighted by Gasteiger charge is 2.40. The third-order valence-corrected chi connectivity index (χ3v) is 1.62. The molecule has 0 aliphatic rings. The summed E-state index contributed by atoms with van der Waals surface area (Å²) < 4.78 is 36.5. The molecule has 0 aromatic heterocycles. The molecule has 3 N–H and O–H groups in total. The third-order valence-electron chi connectivity index (χ3n) is 1.62. The van der Waals surface area contributed by atoms with Gasteiger partial charge < -0.3 is 11.1 Å². The van der Waals surface area contributed by atoms with E-state index in [0.717, 1.165) is 0 Å². The van der Waals surface area contributed by atoms with Crippen molar-refractivity contribution in [3.63, 3.8) is 0 Å². The first-order valence-electron chi connectivity index (χ1n) is 4.16. The molecule has 1 atom stereocenters. The number of nitrogens with one attached hydrogen (secondary N) is 1. The molecule has 0 heterocycles. The lowest BCUT2D eigenvalue weighted by Gasteiger charge is -2.24. The van der Waals surface area contributed by atoms with E-state index in [1.807, 2.05) is 5.32 Å². The van der Waals surface area contributed by atoms with Crippen LogP contribution in [-0.4, -0.2) is 24.7 Å². The Kier molecular flexibility index (Phi) is 3.93. The topological polar surface area (TPSA) is 55.1 Å². The minimum Gasteiger partial charge on any atom is -0.343 e. The van der Waals surface area contributed by atoms with Crippen LogP contribution in [0.2, 0.25) is 0 Å². The highest BCUT2D eigenvalue weighted by molar-refractivity contribution is 5.81. The van der Waals surface area contributed by atoms with Crippen LogP contribution in [0.4, 0.5) is 13.2 Å². The summed E-state index contributed by atoms with van der Waals surface area (Å²) in [5.74, 6) is -0.662. The first-order valence-corrected chi connectivity index (χ1v) is 4.16. The van der Waals surface area contributed by atoms with Gasteiger partial charge in [-0.1, -0.05) is 20.8 Å². The van der Waals surface area contributed by atoms with Crippen molar-refractivity contribution in [1.29, 1.82) is 0 Å². The number of rotatable bonds is 2. The van der Waals surface area contributed by atoms with Crippen LogP contribution in [0.5, 0.6) is 0 Å². The van der Waals surface area contributed by atoms with E-state index in [0.29, 0.717) is 0 Å². The lowest BCUT2D eigenvalue weighted by atomic mass is 9.95. The van der Waals surface area contributed by atoms with Crippen molar-refractivity contribution >= 4 is 5.91 Å². The molecular weight excluding hydrogens is 197 g/mol. The van der Waals surface area contributed by atoms with E-state index in [1.54, 1.807) is 0 Å². The number of hydrogen-bond donors (Lipinski definition) is 2. The first kappa shape index (κ1) is 13.2. The molecule has 3 nitrogen and oxygen atoms in total. The van der Waals surface area contributed by atoms with Gasteiger partial charge in [0.2, 0.25) is 5.91 Å². The van der Waals surface area contributed by atoms with Gasteiger partial charge in [0.15, 0.2) is 0 Å². The van der Waals surface area contributed by atoms with Gasteiger partial charge in [0, 0.05) is 12.0 Å². The number of hydrogen-bond acceptors (Lipinski definition) is 2. The maximum absolute atomic E-state index is 12.2. The number of amides is 1. The van der Waals surface area contributed by atoms with Crippen molar-refractivity contribution in [2.75, 3.05) is 6.54 Å². The van der Waals surface area contributed by atoms with E-state index in [4.69, 9.17) is 5.73 Å². The standard InChI is InChI=1S/C8H15F3N2O/c1-7(2,3)6(14)13-5(4-12)8(9,10)11/h5H,4,12H2,1-3H3,(H,13,14). The van der Waals surface area contributed by atoms with Gasteiger partial charge in [-0.05, 0) is 0 Å². The van der Waals surface area contributed by atoms with Gasteiger partial charge in [-0.25, -0.2) is 0 Å². The molecule has 0 aromatic rings. The Morgan fingerprint density at radius 1 is 1.36 bits per heavy atom. The van der Waals surface area contributed by atoms with Gasteiger partial charge in [-0.3, -0.25) is 4.79 Å². The summed E-state index contributed by atoms with van der Waals surface area (Å²) in [6, 6.07) is -1.96. The average molecular weight is 212 g/mol. The summed E-state index contributed by atoms with van der Waals surface area (Å²) in [6.07, 6.45) is -4.49. The fourth-order valence-corrected chi connectivity index (χ4v) is 0.649. The van der Waals surface area contributed by atoms with E-state index >= 15 is 0 Å². The molecule has 0 aliphatic heterocycles. The molecule has 84 valence electrons. The Labute approximate surface area is 80.8 Å². The summed E-state index contributed by atoms with van der Waals surface area (Å²) in [5.41, 5.74) is 4.07. The molecule has 14 heavy (non-hydrogen) atoms. The fourth-order valence-electron chi connectivity index (χ4n) is 0.649. The molecule has 0 rings (SSSR count). The molecule has 0 saturated carbocycles. The van der Waals surface area contributed by atoms with Crippen LogP contribution < -0.4 is 11.1 Å². The zero-order valence-electron chi connectivity index (χ0n) is 8.40. The quantitative estimate of drug-likeness (QED) is 0.718. The normalized spacial score (nSPS) is 15.1. The lowest BCUT2D eigenvalue weighted by molar-refractivity contribution is -0.162. The van der Waals surface area contributed by atoms with Crippen LogP contribution in [0.3, 0.4) is 0 Å². The molecule has 0 bridgehead atoms. The van der Waals surface area contributed by atoms with E-state index < -0.39 is 30.1 Å². The van der Waals surface area contributed by atoms with Crippen LogP contribution >= 0.6 is 0 Å². The minimum atomic E-state index is -4.49. The molecule has 1 amide bonds. The zero-order valence-corrected chi connectivity index (χ0v) is 8.40. The number of halogens is 3. The molecule has 0 fully saturated rings. The smallest absolute Gasteiger partial charge is 0.343 e. The summed E-state index contributed by atoms with van der Waals surface area (Å²) in [4.78, 5) is 11.2. The molecule has 6 heteroatoms. The maximum Gasteiger partial charge on any atom is 0.409 e. The number of carbonyl (C=O) groups excluding carboxylic acids is 1. The largest absolute Gasteiger partial charge is 0.409 e. The van der Waals surface area contributed by atoms with E-state index in [1.165, 1.54) is 20.8 Å². The first-order chi connectivity index (χ1) is 6.09. The summed E-state index contributed by atoms with van der Waals surface area (Å²) in [6.45, 7) is 3.95. The Morgan fingerprint density at radius 3 is 2.00 bits per heavy atom. The van der Waals surface area contributed by atoms with Crippen molar-refractivity contribution in [1.82, 2.24) is 5.32 Å². The molecule has 0 spiro atoms. The number of carbonyl (C=O) groups is 1. The second kappa shape index (κ2) is 4.16. The van der Waals surface area contributed by atoms with Crippen LogP contribution in [-0.2, 0) is 4.79 Å². The van der Waals surface area contributed by atoms with Crippen molar-refractivity contribution in [2.45, 2.75) is 33.0 Å². The van der Waals surface area contributed by atoms with Gasteiger partial charge in [-0.2, -0.15) is 13.2 Å². The van der Waals surface area contributed by atoms with Gasteiger partial charge in [0.1, 0.15) is 6.04 Å². The molecule has 0 radical (unpaired) electrons. The van der Waals surface area contributed by atoms with Gasteiger partial charge in [0.25, 0.3) is 0 Å². The maximum atomic E-state index is 12.2. The number of alkyl halides is 3. The SMILES string of the molecule is CC(C)(C)C(=O)NC(CN)C(F)(F)F. The fraction of sp³-hybridized carbons (Fsp3) is 0.875. The van der Waals surface area contributed by atoms with Crippen molar-refractivity contribution < 1.29 is 18.0 Å². The highest BCUT2D eigenvalue weighted by Crippen LogP contribution is 2.21. The molecule has 0 aromatic carbocycles. The van der Waals surface area contributed by atoms with Crippen molar-refractivity contribution in [2.24, 2.45) is 11.1 Å². The second-order valence-corrected chi connectivity index (χ2v) is 4.05. The van der Waals surface area contributed by atoms with E-state index in [9.17, 15) is 18.0 Å². The third kappa shape index (κ3) is 3.95. The van der Waals surface area contributed by atoms with Crippen LogP contribution in [0.15, 0.2) is 0 Å². The highest BCUT2D eigenvalue weighted by atomic mass is 19.4. The predicted octanol–water partition coefficient (Wildman–Crippen LogP) is 1.04. The van der Waals surface area contributed by atoms with E-state index in [-0.39, 0.29) is 0 Å². The van der Waals surface area contributed by atoms with Gasteiger partial charge in [-0.15, -0.1) is 0 Å². The van der Waals surface area contributed by atoms with Crippen LogP contribution in [0, 0.1) is 5.41 Å². The molecule has 0 saturated heterocycles. The summed E-state index contributed by atoms with van der Waals surface area (Å²) >= 11 is 0. The Morgan fingerprint density at radius 2 is 1.79 bits per heavy atom. The predicted molar refractivity (Wildman–Crippen MR) is 46.5 cm³/mol. The second-order valence-electron chi connectivity index (χ2n) is 4.05. The Bertz CT molecular complexity index is 208. The Balaban J connectivity index is 4.43. The number of nitrogens with two attached hydrogens (primary N) is 1. The molecular formula is C8H15F3N2O. The zero-order chi connectivity index (χ0) is 11.6. The Hall–Kier alpha value is -0.780. The van der Waals surface area contributed by atoms with Crippen LogP contribution in [0.25, 0.3) is 0 Å². The molecule has 1 unspecified atom stereocenters. The average Bonchev–Trinajstić information content (AvgIpc) is 1.95. The van der Waals surface area contributed by atoms with Crippen LogP contribution in [0.1, 0.15) is 20.8 Å². The van der Waals surface area contributed by atoms with E-state index in [2.05, 4.69) is 0 Å². The summed E-state index contributed by atoms with van der Waals surface area (Å²) in [5, 5.41) is 1.86. The minimum absolute atomic E-state index is 0.648. The van der Waals surface area contributed by atoms with Gasteiger partial charge >= 0.3 is 6.18 Å². The molecule has 0 aliphatic carbocycles. The lowest BCUT2D eigenvalue weighted by Crippen LogP contribution is -2.52. The van der Waals surface area contributed by atoms with Crippen molar-refractivity contribution in [3.8, 4) is 0 Å².